The minimum atomic E-state index is 0.392. The van der Waals surface area contributed by atoms with E-state index in [1.807, 2.05) is 12.1 Å². The summed E-state index contributed by atoms with van der Waals surface area (Å²) in [5.41, 5.74) is 2.15. The summed E-state index contributed by atoms with van der Waals surface area (Å²) < 4.78 is 0. The van der Waals surface area contributed by atoms with Crippen LogP contribution in [0.15, 0.2) is 24.3 Å². The van der Waals surface area contributed by atoms with Crippen LogP contribution in [0, 0.1) is 36.5 Å². The Labute approximate surface area is 102 Å². The topological polar surface area (TPSA) is 17.1 Å². The van der Waals surface area contributed by atoms with Crippen molar-refractivity contribution in [3.8, 4) is 0 Å². The van der Waals surface area contributed by atoms with Gasteiger partial charge < -0.3 is 0 Å². The van der Waals surface area contributed by atoms with Crippen LogP contribution in [-0.2, 0) is 0 Å². The first kappa shape index (κ1) is 9.87. The summed E-state index contributed by atoms with van der Waals surface area (Å²) in [4.78, 5) is 12.5. The van der Waals surface area contributed by atoms with Gasteiger partial charge in [0.25, 0.3) is 0 Å². The van der Waals surface area contributed by atoms with Crippen molar-refractivity contribution in [3.05, 3.63) is 35.4 Å². The van der Waals surface area contributed by atoms with Gasteiger partial charge in [0.2, 0.25) is 0 Å². The average Bonchev–Trinajstić information content (AvgIpc) is 2.76. The predicted octanol–water partition coefficient (Wildman–Crippen LogP) is 3.47. The minimum absolute atomic E-state index is 0.392. The van der Waals surface area contributed by atoms with E-state index in [0.717, 1.165) is 29.2 Å². The molecule has 0 saturated heterocycles. The van der Waals surface area contributed by atoms with Crippen molar-refractivity contribution in [1.82, 2.24) is 0 Å². The highest BCUT2D eigenvalue weighted by molar-refractivity contribution is 6.00. The first-order valence-corrected chi connectivity index (χ1v) is 6.86. The molecule has 1 heteroatoms. The van der Waals surface area contributed by atoms with Crippen molar-refractivity contribution in [3.63, 3.8) is 0 Å². The van der Waals surface area contributed by atoms with Crippen molar-refractivity contribution in [2.24, 2.45) is 29.6 Å². The van der Waals surface area contributed by atoms with Gasteiger partial charge in [0.05, 0.1) is 0 Å². The SMILES string of the molecule is Cc1cccc(C(=O)C2C3C4CCC(C4)C23)c1. The molecule has 0 N–H and O–H groups in total. The van der Waals surface area contributed by atoms with Crippen LogP contribution in [0.5, 0.6) is 0 Å². The van der Waals surface area contributed by atoms with E-state index in [1.165, 1.54) is 24.8 Å². The molecule has 3 fully saturated rings. The molecule has 0 amide bonds. The van der Waals surface area contributed by atoms with Crippen LogP contribution in [0.1, 0.15) is 35.2 Å². The molecule has 0 heterocycles. The number of carbonyl (C=O) groups excluding carboxylic acids is 1. The highest BCUT2D eigenvalue weighted by Gasteiger charge is 2.67. The zero-order chi connectivity index (χ0) is 11.6. The van der Waals surface area contributed by atoms with E-state index in [-0.39, 0.29) is 0 Å². The number of rotatable bonds is 2. The molecule has 17 heavy (non-hydrogen) atoms. The van der Waals surface area contributed by atoms with Crippen molar-refractivity contribution in [1.29, 1.82) is 0 Å². The number of aryl methyl sites for hydroxylation is 1. The maximum absolute atomic E-state index is 12.5. The highest BCUT2D eigenvalue weighted by Crippen LogP contribution is 2.69. The van der Waals surface area contributed by atoms with Gasteiger partial charge in [-0.05, 0) is 55.9 Å². The lowest BCUT2D eigenvalue weighted by Gasteiger charge is -2.08. The van der Waals surface area contributed by atoms with Gasteiger partial charge in [-0.25, -0.2) is 0 Å². The fourth-order valence-electron chi connectivity index (χ4n) is 4.67. The van der Waals surface area contributed by atoms with Crippen LogP contribution in [0.2, 0.25) is 0 Å². The second-order valence-corrected chi connectivity index (χ2v) is 6.25. The maximum Gasteiger partial charge on any atom is 0.166 e. The Morgan fingerprint density at radius 1 is 1.18 bits per heavy atom. The van der Waals surface area contributed by atoms with E-state index < -0.39 is 0 Å². The third kappa shape index (κ3) is 1.28. The van der Waals surface area contributed by atoms with Crippen LogP contribution < -0.4 is 0 Å². The molecule has 0 aromatic heterocycles. The monoisotopic (exact) mass is 226 g/mol. The van der Waals surface area contributed by atoms with Gasteiger partial charge in [-0.2, -0.15) is 0 Å². The van der Waals surface area contributed by atoms with Gasteiger partial charge in [0, 0.05) is 11.5 Å². The number of ketones is 1. The van der Waals surface area contributed by atoms with E-state index >= 15 is 0 Å². The molecule has 1 aromatic rings. The summed E-state index contributed by atoms with van der Waals surface area (Å²) in [7, 11) is 0. The Kier molecular flexibility index (Phi) is 1.87. The molecule has 3 aliphatic carbocycles. The maximum atomic E-state index is 12.5. The Morgan fingerprint density at radius 3 is 2.53 bits per heavy atom. The van der Waals surface area contributed by atoms with Gasteiger partial charge in [-0.3, -0.25) is 4.79 Å². The third-order valence-electron chi connectivity index (χ3n) is 5.34. The summed E-state index contributed by atoms with van der Waals surface area (Å²) in [5, 5.41) is 0. The molecule has 3 saturated carbocycles. The summed E-state index contributed by atoms with van der Waals surface area (Å²) in [5.74, 6) is 4.14. The molecule has 3 aliphatic rings. The fraction of sp³-hybridized carbons (Fsp3) is 0.562. The molecule has 4 unspecified atom stereocenters. The molecule has 2 bridgehead atoms. The predicted molar refractivity (Wildman–Crippen MR) is 66.8 cm³/mol. The Morgan fingerprint density at radius 2 is 1.88 bits per heavy atom. The molecule has 1 nitrogen and oxygen atoms in total. The number of fused-ring (bicyclic) bond motifs is 5. The Bertz CT molecular complexity index is 474. The molecule has 0 spiro atoms. The second kappa shape index (κ2) is 3.22. The number of hydrogen-bond acceptors (Lipinski definition) is 1. The molecule has 0 aliphatic heterocycles. The smallest absolute Gasteiger partial charge is 0.166 e. The minimum Gasteiger partial charge on any atom is -0.294 e. The highest BCUT2D eigenvalue weighted by atomic mass is 16.1. The van der Waals surface area contributed by atoms with E-state index in [0.29, 0.717) is 11.7 Å². The van der Waals surface area contributed by atoms with E-state index in [2.05, 4.69) is 19.1 Å². The van der Waals surface area contributed by atoms with Gasteiger partial charge in [0.1, 0.15) is 0 Å². The lowest BCUT2D eigenvalue weighted by atomic mass is 9.95. The summed E-state index contributed by atoms with van der Waals surface area (Å²) in [6.07, 6.45) is 4.21. The molecule has 0 radical (unpaired) electrons. The van der Waals surface area contributed by atoms with E-state index in [1.54, 1.807) is 0 Å². The van der Waals surface area contributed by atoms with Crippen LogP contribution in [0.25, 0.3) is 0 Å². The standard InChI is InChI=1S/C16H18O/c1-9-3-2-4-12(7-9)16(17)15-13-10-5-6-11(8-10)14(13)15/h2-4,7,10-11,13-15H,5-6,8H2,1H3. The van der Waals surface area contributed by atoms with Gasteiger partial charge in [-0.1, -0.05) is 23.8 Å². The van der Waals surface area contributed by atoms with Crippen molar-refractivity contribution < 1.29 is 4.79 Å². The van der Waals surface area contributed by atoms with Gasteiger partial charge in [0.15, 0.2) is 5.78 Å². The van der Waals surface area contributed by atoms with E-state index in [4.69, 9.17) is 0 Å². The Balaban J connectivity index is 1.60. The Hall–Kier alpha value is -1.11. The number of hydrogen-bond donors (Lipinski definition) is 0. The quantitative estimate of drug-likeness (QED) is 0.706. The average molecular weight is 226 g/mol. The van der Waals surface area contributed by atoms with Crippen molar-refractivity contribution in [2.75, 3.05) is 0 Å². The van der Waals surface area contributed by atoms with Gasteiger partial charge >= 0.3 is 0 Å². The van der Waals surface area contributed by atoms with Crippen LogP contribution in [0.3, 0.4) is 0 Å². The first-order chi connectivity index (χ1) is 8.25. The summed E-state index contributed by atoms with van der Waals surface area (Å²) in [6, 6.07) is 8.12. The first-order valence-electron chi connectivity index (χ1n) is 6.86. The molecule has 4 rings (SSSR count). The molecule has 1 aromatic carbocycles. The lowest BCUT2D eigenvalue weighted by molar-refractivity contribution is 0.0944. The number of benzene rings is 1. The largest absolute Gasteiger partial charge is 0.294 e. The van der Waals surface area contributed by atoms with Crippen LogP contribution in [-0.4, -0.2) is 5.78 Å². The zero-order valence-corrected chi connectivity index (χ0v) is 10.2. The fourth-order valence-corrected chi connectivity index (χ4v) is 4.67. The van der Waals surface area contributed by atoms with Gasteiger partial charge in [-0.15, -0.1) is 0 Å². The molecule has 4 atom stereocenters. The summed E-state index contributed by atoms with van der Waals surface area (Å²) >= 11 is 0. The van der Waals surface area contributed by atoms with Crippen LogP contribution in [0.4, 0.5) is 0 Å². The van der Waals surface area contributed by atoms with E-state index in [9.17, 15) is 4.79 Å². The summed E-state index contributed by atoms with van der Waals surface area (Å²) in [6.45, 7) is 2.06. The molecular weight excluding hydrogens is 208 g/mol. The molecule has 88 valence electrons. The van der Waals surface area contributed by atoms with Crippen LogP contribution >= 0.6 is 0 Å². The third-order valence-corrected chi connectivity index (χ3v) is 5.34. The zero-order valence-electron chi connectivity index (χ0n) is 10.2. The normalized spacial score (nSPS) is 41.4. The number of carbonyl (C=O) groups is 1. The number of Topliss-reactive ketones (excluding diaryl/α,β-unsaturated/α-hetero) is 1. The van der Waals surface area contributed by atoms with Crippen molar-refractivity contribution >= 4 is 5.78 Å². The second-order valence-electron chi connectivity index (χ2n) is 6.25. The molecular formula is C16H18O. The van der Waals surface area contributed by atoms with Crippen molar-refractivity contribution in [2.45, 2.75) is 26.2 Å². The lowest BCUT2D eigenvalue weighted by Crippen LogP contribution is -2.10.